The number of benzene rings is 3. The van der Waals surface area contributed by atoms with Gasteiger partial charge in [-0.25, -0.2) is 9.59 Å². The molecule has 3 aromatic rings. The van der Waals surface area contributed by atoms with Crippen LogP contribution in [0, 0.1) is 12.8 Å². The summed E-state index contributed by atoms with van der Waals surface area (Å²) in [4.78, 5) is 19.1. The summed E-state index contributed by atoms with van der Waals surface area (Å²) >= 11 is 0. The van der Waals surface area contributed by atoms with Crippen LogP contribution in [0.2, 0.25) is 0 Å². The van der Waals surface area contributed by atoms with Crippen LogP contribution in [0.5, 0.6) is 5.75 Å². The molecule has 0 unspecified atom stereocenters. The van der Waals surface area contributed by atoms with E-state index in [9.17, 15) is 19.8 Å². The SMILES string of the molecule is Cc1ccccc1[C@H](OC[C@H](O)CNC(C)(C)Cc1ccc2cc(O)ccc2c1)C1CC1.O=C(O)/C=C/C(=O)O. The monoisotopic (exact) mass is 549 g/mol. The lowest BCUT2D eigenvalue weighted by Gasteiger charge is -2.29. The van der Waals surface area contributed by atoms with Crippen molar-refractivity contribution in [2.45, 2.75) is 57.8 Å². The molecule has 214 valence electrons. The van der Waals surface area contributed by atoms with Gasteiger partial charge in [-0.15, -0.1) is 0 Å². The highest BCUT2D eigenvalue weighted by atomic mass is 16.5. The second-order valence-corrected chi connectivity index (χ2v) is 10.9. The number of aliphatic hydroxyl groups is 1. The van der Waals surface area contributed by atoms with Gasteiger partial charge in [-0.1, -0.05) is 48.5 Å². The molecule has 0 spiro atoms. The number of carboxylic acid groups (broad SMARTS) is 2. The Kier molecular flexibility index (Phi) is 10.8. The van der Waals surface area contributed by atoms with Crippen molar-refractivity contribution in [2.24, 2.45) is 5.92 Å². The summed E-state index contributed by atoms with van der Waals surface area (Å²) in [6.45, 7) is 7.26. The Balaban J connectivity index is 0.000000482. The molecule has 1 saturated carbocycles. The number of ether oxygens (including phenoxy) is 1. The number of phenolic OH excluding ortho intramolecular Hbond substituents is 1. The third-order valence-electron chi connectivity index (χ3n) is 6.73. The van der Waals surface area contributed by atoms with E-state index >= 15 is 0 Å². The smallest absolute Gasteiger partial charge is 0.328 e. The molecule has 0 amide bonds. The number of β-amino-alcohol motifs (C(OH)–C–C–N with tert-alkyl or cyclic N) is 1. The molecule has 2 atom stereocenters. The Hall–Kier alpha value is -3.72. The third kappa shape index (κ3) is 10.1. The van der Waals surface area contributed by atoms with Crippen LogP contribution in [0.15, 0.2) is 72.8 Å². The summed E-state index contributed by atoms with van der Waals surface area (Å²) in [6, 6.07) is 20.2. The van der Waals surface area contributed by atoms with E-state index in [1.165, 1.54) is 29.5 Å². The first-order chi connectivity index (χ1) is 18.9. The van der Waals surface area contributed by atoms with Gasteiger partial charge >= 0.3 is 11.9 Å². The van der Waals surface area contributed by atoms with Crippen molar-refractivity contribution in [3.05, 3.63) is 89.5 Å². The van der Waals surface area contributed by atoms with Gasteiger partial charge in [-0.05, 0) is 85.5 Å². The summed E-state index contributed by atoms with van der Waals surface area (Å²) in [6.07, 6.45) is 3.88. The zero-order valence-electron chi connectivity index (χ0n) is 23.2. The van der Waals surface area contributed by atoms with E-state index < -0.39 is 18.0 Å². The van der Waals surface area contributed by atoms with Crippen LogP contribution in [0.25, 0.3) is 10.8 Å². The maximum atomic E-state index is 10.6. The fourth-order valence-electron chi connectivity index (χ4n) is 4.56. The van der Waals surface area contributed by atoms with Crippen molar-refractivity contribution in [1.29, 1.82) is 0 Å². The lowest BCUT2D eigenvalue weighted by Crippen LogP contribution is -2.46. The van der Waals surface area contributed by atoms with Gasteiger partial charge < -0.3 is 30.5 Å². The quantitative estimate of drug-likeness (QED) is 0.199. The first-order valence-corrected chi connectivity index (χ1v) is 13.4. The van der Waals surface area contributed by atoms with Crippen molar-refractivity contribution in [2.75, 3.05) is 13.2 Å². The first-order valence-electron chi connectivity index (χ1n) is 13.4. The van der Waals surface area contributed by atoms with E-state index in [0.717, 1.165) is 17.2 Å². The molecule has 0 bridgehead atoms. The van der Waals surface area contributed by atoms with E-state index in [4.69, 9.17) is 14.9 Å². The Morgan fingerprint density at radius 2 is 1.62 bits per heavy atom. The van der Waals surface area contributed by atoms with Gasteiger partial charge in [0, 0.05) is 24.2 Å². The lowest BCUT2D eigenvalue weighted by atomic mass is 9.93. The number of aryl methyl sites for hydroxylation is 1. The fraction of sp³-hybridized carbons (Fsp3) is 0.375. The number of aliphatic carboxylic acids is 2. The van der Waals surface area contributed by atoms with Gasteiger partial charge in [0.15, 0.2) is 0 Å². The topological polar surface area (TPSA) is 136 Å². The molecule has 8 nitrogen and oxygen atoms in total. The van der Waals surface area contributed by atoms with Crippen molar-refractivity contribution in [3.8, 4) is 5.75 Å². The van der Waals surface area contributed by atoms with Crippen LogP contribution in [-0.4, -0.2) is 57.2 Å². The summed E-state index contributed by atoms with van der Waals surface area (Å²) in [5.74, 6) is -1.66. The van der Waals surface area contributed by atoms with E-state index in [0.29, 0.717) is 31.2 Å². The van der Waals surface area contributed by atoms with Crippen molar-refractivity contribution < 1.29 is 34.8 Å². The summed E-state index contributed by atoms with van der Waals surface area (Å²) in [5.41, 5.74) is 3.56. The molecule has 8 heteroatoms. The molecule has 0 radical (unpaired) electrons. The molecule has 1 aliphatic rings. The number of aromatic hydroxyl groups is 1. The Labute approximate surface area is 234 Å². The predicted molar refractivity (Wildman–Crippen MR) is 154 cm³/mol. The van der Waals surface area contributed by atoms with Crippen LogP contribution in [0.4, 0.5) is 0 Å². The van der Waals surface area contributed by atoms with E-state index in [1.807, 2.05) is 12.1 Å². The molecule has 0 aromatic heterocycles. The molecule has 5 N–H and O–H groups in total. The summed E-state index contributed by atoms with van der Waals surface area (Å²) in [5, 5.41) is 41.5. The van der Waals surface area contributed by atoms with Crippen molar-refractivity contribution >= 4 is 22.7 Å². The number of hydrogen-bond donors (Lipinski definition) is 5. The Morgan fingerprint density at radius 1 is 1.00 bits per heavy atom. The maximum absolute atomic E-state index is 10.6. The largest absolute Gasteiger partial charge is 0.508 e. The van der Waals surface area contributed by atoms with Gasteiger partial charge in [-0.2, -0.15) is 0 Å². The number of carbonyl (C=O) groups is 2. The Morgan fingerprint density at radius 3 is 2.25 bits per heavy atom. The standard InChI is InChI=1S/C28H35NO3.C4H4O4/c1-19-6-4-5-7-26(19)27(21-10-11-21)32-18-25(31)17-29-28(2,3)16-20-8-9-23-15-24(30)13-12-22(23)14-20;5-3(6)1-2-4(7)8/h4-9,12-15,21,25,27,29-31H,10-11,16-18H2,1-3H3;1-2H,(H,5,6)(H,7,8)/b;2-1+/t25-,27-;/m1./s1. The van der Waals surface area contributed by atoms with Crippen LogP contribution in [-0.2, 0) is 20.7 Å². The second-order valence-electron chi connectivity index (χ2n) is 10.9. The summed E-state index contributed by atoms with van der Waals surface area (Å²) < 4.78 is 6.23. The van der Waals surface area contributed by atoms with Crippen LogP contribution < -0.4 is 5.32 Å². The first kappa shape index (κ1) is 30.8. The number of rotatable bonds is 12. The average molecular weight is 550 g/mol. The molecule has 40 heavy (non-hydrogen) atoms. The number of hydrogen-bond acceptors (Lipinski definition) is 6. The maximum Gasteiger partial charge on any atom is 0.328 e. The normalized spacial score (nSPS) is 14.9. The molecule has 0 heterocycles. The molecular formula is C32H39NO7. The summed E-state index contributed by atoms with van der Waals surface area (Å²) in [7, 11) is 0. The third-order valence-corrected chi connectivity index (χ3v) is 6.73. The number of fused-ring (bicyclic) bond motifs is 1. The molecule has 1 fully saturated rings. The van der Waals surface area contributed by atoms with Gasteiger partial charge in [0.1, 0.15) is 5.75 Å². The lowest BCUT2D eigenvalue weighted by molar-refractivity contribution is -0.134. The van der Waals surface area contributed by atoms with Gasteiger partial charge in [0.05, 0.1) is 18.8 Å². The number of carboxylic acids is 2. The van der Waals surface area contributed by atoms with E-state index in [2.05, 4.69) is 62.5 Å². The molecule has 4 rings (SSSR count). The zero-order chi connectivity index (χ0) is 29.3. The Bertz CT molecular complexity index is 1310. The van der Waals surface area contributed by atoms with Crippen LogP contribution in [0.3, 0.4) is 0 Å². The van der Waals surface area contributed by atoms with Gasteiger partial charge in [0.25, 0.3) is 0 Å². The van der Waals surface area contributed by atoms with E-state index in [1.54, 1.807) is 12.1 Å². The molecular weight excluding hydrogens is 510 g/mol. The highest BCUT2D eigenvalue weighted by Gasteiger charge is 2.34. The second kappa shape index (κ2) is 14.1. The highest BCUT2D eigenvalue weighted by Crippen LogP contribution is 2.44. The number of nitrogens with one attached hydrogen (secondary N) is 1. The van der Waals surface area contributed by atoms with Crippen LogP contribution >= 0.6 is 0 Å². The van der Waals surface area contributed by atoms with Crippen molar-refractivity contribution in [3.63, 3.8) is 0 Å². The molecule has 0 aliphatic heterocycles. The van der Waals surface area contributed by atoms with Gasteiger partial charge in [0.2, 0.25) is 0 Å². The minimum atomic E-state index is -1.26. The number of aliphatic hydroxyl groups excluding tert-OH is 1. The highest BCUT2D eigenvalue weighted by molar-refractivity contribution is 5.89. The minimum absolute atomic E-state index is 0.0795. The van der Waals surface area contributed by atoms with Crippen molar-refractivity contribution in [1.82, 2.24) is 5.32 Å². The minimum Gasteiger partial charge on any atom is -0.508 e. The average Bonchev–Trinajstić information content (AvgIpc) is 3.73. The number of phenols is 1. The van der Waals surface area contributed by atoms with Crippen LogP contribution in [0.1, 0.15) is 49.5 Å². The van der Waals surface area contributed by atoms with Gasteiger partial charge in [-0.3, -0.25) is 0 Å². The molecule has 0 saturated heterocycles. The predicted octanol–water partition coefficient (Wildman–Crippen LogP) is 5.01. The fourth-order valence-corrected chi connectivity index (χ4v) is 4.56. The molecule has 1 aliphatic carbocycles. The zero-order valence-corrected chi connectivity index (χ0v) is 23.2. The molecule has 3 aromatic carbocycles. The van der Waals surface area contributed by atoms with E-state index in [-0.39, 0.29) is 17.4 Å².